The minimum absolute atomic E-state index is 0.419. The summed E-state index contributed by atoms with van der Waals surface area (Å²) >= 11 is 0. The smallest absolute Gasteiger partial charge is 0.120 e. The van der Waals surface area contributed by atoms with Crippen molar-refractivity contribution < 1.29 is 4.74 Å². The largest absolute Gasteiger partial charge is 0.497 e. The van der Waals surface area contributed by atoms with Crippen molar-refractivity contribution in [1.29, 1.82) is 0 Å². The van der Waals surface area contributed by atoms with Gasteiger partial charge in [0, 0.05) is 11.8 Å². The van der Waals surface area contributed by atoms with E-state index in [4.69, 9.17) is 4.74 Å². The van der Waals surface area contributed by atoms with Crippen LogP contribution in [0.4, 0.5) is 5.69 Å². The molecule has 0 aliphatic heterocycles. The van der Waals surface area contributed by atoms with Gasteiger partial charge in [0.1, 0.15) is 5.75 Å². The molecule has 2 aromatic rings. The van der Waals surface area contributed by atoms with Gasteiger partial charge in [-0.3, -0.25) is 0 Å². The van der Waals surface area contributed by atoms with Crippen LogP contribution in [0.3, 0.4) is 0 Å². The number of hydrogen-bond donors (Lipinski definition) is 1. The lowest BCUT2D eigenvalue weighted by Crippen LogP contribution is -2.07. The molecule has 0 radical (unpaired) electrons. The standard InChI is InChI=1S/C17H19NO/c1-12-6-7-13-8-9-17(16(13)10-12)18-14-4-3-5-15(11-14)19-2/h3-7,10-11,17-18H,8-9H2,1-2H3. The highest BCUT2D eigenvalue weighted by atomic mass is 16.5. The molecule has 2 heteroatoms. The summed E-state index contributed by atoms with van der Waals surface area (Å²) in [4.78, 5) is 0. The topological polar surface area (TPSA) is 21.3 Å². The summed E-state index contributed by atoms with van der Waals surface area (Å²) < 4.78 is 5.27. The van der Waals surface area contributed by atoms with Gasteiger partial charge in [0.15, 0.2) is 0 Å². The maximum Gasteiger partial charge on any atom is 0.120 e. The molecular formula is C17H19NO. The highest BCUT2D eigenvalue weighted by Crippen LogP contribution is 2.34. The van der Waals surface area contributed by atoms with E-state index in [0.29, 0.717) is 6.04 Å². The van der Waals surface area contributed by atoms with Gasteiger partial charge < -0.3 is 10.1 Å². The molecule has 1 unspecified atom stereocenters. The van der Waals surface area contributed by atoms with E-state index in [0.717, 1.165) is 24.3 Å². The van der Waals surface area contributed by atoms with Crippen LogP contribution in [0.5, 0.6) is 5.75 Å². The summed E-state index contributed by atoms with van der Waals surface area (Å²) in [5.41, 5.74) is 5.38. The molecule has 0 aromatic heterocycles. The van der Waals surface area contributed by atoms with Gasteiger partial charge in [0.25, 0.3) is 0 Å². The molecule has 19 heavy (non-hydrogen) atoms. The van der Waals surface area contributed by atoms with Crippen molar-refractivity contribution in [2.75, 3.05) is 12.4 Å². The van der Waals surface area contributed by atoms with Crippen molar-refractivity contribution in [3.8, 4) is 5.75 Å². The minimum Gasteiger partial charge on any atom is -0.497 e. The molecule has 1 atom stereocenters. The van der Waals surface area contributed by atoms with Crippen LogP contribution in [0, 0.1) is 6.92 Å². The predicted molar refractivity (Wildman–Crippen MR) is 78.9 cm³/mol. The average Bonchev–Trinajstić information content (AvgIpc) is 2.81. The van der Waals surface area contributed by atoms with Crippen LogP contribution in [0.15, 0.2) is 42.5 Å². The maximum absolute atomic E-state index is 5.27. The van der Waals surface area contributed by atoms with Gasteiger partial charge in [-0.2, -0.15) is 0 Å². The van der Waals surface area contributed by atoms with Crippen molar-refractivity contribution in [3.63, 3.8) is 0 Å². The van der Waals surface area contributed by atoms with Crippen molar-refractivity contribution in [3.05, 3.63) is 59.2 Å². The molecule has 0 amide bonds. The van der Waals surface area contributed by atoms with Gasteiger partial charge in [-0.1, -0.05) is 29.8 Å². The third-order valence-electron chi connectivity index (χ3n) is 3.79. The molecule has 3 rings (SSSR count). The van der Waals surface area contributed by atoms with Crippen molar-refractivity contribution in [2.24, 2.45) is 0 Å². The first-order valence-electron chi connectivity index (χ1n) is 6.76. The third-order valence-corrected chi connectivity index (χ3v) is 3.79. The Labute approximate surface area is 114 Å². The second-order valence-electron chi connectivity index (χ2n) is 5.17. The predicted octanol–water partition coefficient (Wildman–Crippen LogP) is 4.10. The van der Waals surface area contributed by atoms with E-state index in [2.05, 4.69) is 36.5 Å². The number of fused-ring (bicyclic) bond motifs is 1. The summed E-state index contributed by atoms with van der Waals surface area (Å²) in [6.07, 6.45) is 2.33. The molecule has 0 heterocycles. The zero-order valence-electron chi connectivity index (χ0n) is 11.4. The molecule has 1 aliphatic rings. The molecule has 0 saturated carbocycles. The molecule has 98 valence electrons. The van der Waals surface area contributed by atoms with Crippen LogP contribution in [0.25, 0.3) is 0 Å². The zero-order valence-corrected chi connectivity index (χ0v) is 11.4. The van der Waals surface area contributed by atoms with E-state index < -0.39 is 0 Å². The number of anilines is 1. The van der Waals surface area contributed by atoms with Crippen LogP contribution in [0.2, 0.25) is 0 Å². The molecule has 1 aliphatic carbocycles. The van der Waals surface area contributed by atoms with E-state index in [1.54, 1.807) is 7.11 Å². The zero-order chi connectivity index (χ0) is 13.2. The number of aryl methyl sites for hydroxylation is 2. The van der Waals surface area contributed by atoms with Gasteiger partial charge in [0.2, 0.25) is 0 Å². The lowest BCUT2D eigenvalue weighted by Gasteiger charge is -2.16. The normalized spacial score (nSPS) is 17.1. The van der Waals surface area contributed by atoms with Gasteiger partial charge in [-0.25, -0.2) is 0 Å². The Morgan fingerprint density at radius 1 is 1.16 bits per heavy atom. The summed E-state index contributed by atoms with van der Waals surface area (Å²) in [6, 6.07) is 15.3. The van der Waals surface area contributed by atoms with E-state index in [9.17, 15) is 0 Å². The number of hydrogen-bond acceptors (Lipinski definition) is 2. The molecule has 1 N–H and O–H groups in total. The number of nitrogens with one attached hydrogen (secondary N) is 1. The molecule has 2 nitrogen and oxygen atoms in total. The summed E-state index contributed by atoms with van der Waals surface area (Å²) in [5.74, 6) is 0.896. The molecule has 2 aromatic carbocycles. The quantitative estimate of drug-likeness (QED) is 0.889. The van der Waals surface area contributed by atoms with Crippen molar-refractivity contribution >= 4 is 5.69 Å². The Hall–Kier alpha value is -1.96. The van der Waals surface area contributed by atoms with Gasteiger partial charge >= 0.3 is 0 Å². The van der Waals surface area contributed by atoms with Crippen LogP contribution >= 0.6 is 0 Å². The summed E-state index contributed by atoms with van der Waals surface area (Å²) in [6.45, 7) is 2.15. The van der Waals surface area contributed by atoms with Crippen LogP contribution in [0.1, 0.15) is 29.2 Å². The Morgan fingerprint density at radius 2 is 2.05 bits per heavy atom. The number of benzene rings is 2. The number of rotatable bonds is 3. The van der Waals surface area contributed by atoms with Crippen molar-refractivity contribution in [2.45, 2.75) is 25.8 Å². The fourth-order valence-corrected chi connectivity index (χ4v) is 2.79. The summed E-state index contributed by atoms with van der Waals surface area (Å²) in [5, 5.41) is 3.62. The summed E-state index contributed by atoms with van der Waals surface area (Å²) in [7, 11) is 1.70. The first-order valence-corrected chi connectivity index (χ1v) is 6.76. The Morgan fingerprint density at radius 3 is 2.89 bits per heavy atom. The monoisotopic (exact) mass is 253 g/mol. The molecule has 0 saturated heterocycles. The van der Waals surface area contributed by atoms with Gasteiger partial charge in [0.05, 0.1) is 13.2 Å². The van der Waals surface area contributed by atoms with E-state index in [1.807, 2.05) is 18.2 Å². The molecule has 0 bridgehead atoms. The number of methoxy groups -OCH3 is 1. The fourth-order valence-electron chi connectivity index (χ4n) is 2.79. The lowest BCUT2D eigenvalue weighted by atomic mass is 10.0. The fraction of sp³-hybridized carbons (Fsp3) is 0.294. The molecular weight excluding hydrogens is 234 g/mol. The Kier molecular flexibility index (Phi) is 3.16. The van der Waals surface area contributed by atoms with Gasteiger partial charge in [-0.05, 0) is 43.0 Å². The SMILES string of the molecule is COc1cccc(NC2CCc3ccc(C)cc32)c1. The Bertz CT molecular complexity index is 592. The van der Waals surface area contributed by atoms with Gasteiger partial charge in [-0.15, -0.1) is 0 Å². The van der Waals surface area contributed by atoms with E-state index in [1.165, 1.54) is 16.7 Å². The molecule has 0 fully saturated rings. The lowest BCUT2D eigenvalue weighted by molar-refractivity contribution is 0.415. The molecule has 0 spiro atoms. The van der Waals surface area contributed by atoms with Crippen LogP contribution in [-0.4, -0.2) is 7.11 Å². The first kappa shape index (κ1) is 12.1. The highest BCUT2D eigenvalue weighted by Gasteiger charge is 2.22. The third kappa shape index (κ3) is 2.43. The average molecular weight is 253 g/mol. The van der Waals surface area contributed by atoms with E-state index in [-0.39, 0.29) is 0 Å². The van der Waals surface area contributed by atoms with Crippen LogP contribution < -0.4 is 10.1 Å². The second kappa shape index (κ2) is 4.96. The first-order chi connectivity index (χ1) is 9.26. The van der Waals surface area contributed by atoms with E-state index >= 15 is 0 Å². The minimum atomic E-state index is 0.419. The maximum atomic E-state index is 5.27. The highest BCUT2D eigenvalue weighted by molar-refractivity contribution is 5.52. The second-order valence-corrected chi connectivity index (χ2v) is 5.17. The Balaban J connectivity index is 1.84. The number of ether oxygens (including phenoxy) is 1. The van der Waals surface area contributed by atoms with Crippen molar-refractivity contribution in [1.82, 2.24) is 0 Å². The van der Waals surface area contributed by atoms with Crippen LogP contribution in [-0.2, 0) is 6.42 Å².